The summed E-state index contributed by atoms with van der Waals surface area (Å²) in [7, 11) is 5.03. The van der Waals surface area contributed by atoms with E-state index in [0.717, 1.165) is 11.4 Å². The van der Waals surface area contributed by atoms with Gasteiger partial charge in [0.05, 0.1) is 19.0 Å². The lowest BCUT2D eigenvalue weighted by Crippen LogP contribution is -2.27. The molecule has 192 valence electrons. The van der Waals surface area contributed by atoms with E-state index in [2.05, 4.69) is 30.6 Å². The maximum Gasteiger partial charge on any atom is 0.228 e. The molecule has 0 bridgehead atoms. The molecule has 0 unspecified atom stereocenters. The summed E-state index contributed by atoms with van der Waals surface area (Å²) < 4.78 is 23.4. The molecule has 5 heterocycles. The highest BCUT2D eigenvalue weighted by molar-refractivity contribution is 5.94. The van der Waals surface area contributed by atoms with E-state index in [1.54, 1.807) is 47.2 Å². The Bertz CT molecular complexity index is 1680. The standard InChI is InChI=1S/C26H24FN9O2/c1-34-23-12-16(20-6-8-28-26(30-20)31-21-7-9-29-35(21)2)11-22-32-33-25(36(22)23)17(13-24(34)37)10-15-4-5-18(38-3)14-19(15)27/h4-9,11-12,14,17H,10,13H2,1-3H3,(H,28,30,31)/t17-/m1/s1. The Hall–Kier alpha value is -4.87. The molecule has 1 N–H and O–H groups in total. The Morgan fingerprint density at radius 3 is 2.74 bits per heavy atom. The number of hydrogen-bond acceptors (Lipinski definition) is 8. The number of ether oxygens (including phenoxy) is 1. The highest BCUT2D eigenvalue weighted by Crippen LogP contribution is 2.35. The van der Waals surface area contributed by atoms with Gasteiger partial charge in [-0.2, -0.15) is 5.10 Å². The van der Waals surface area contributed by atoms with E-state index in [0.29, 0.717) is 46.7 Å². The first kappa shape index (κ1) is 23.5. The van der Waals surface area contributed by atoms with Gasteiger partial charge in [-0.25, -0.2) is 14.4 Å². The Labute approximate surface area is 216 Å². The highest BCUT2D eigenvalue weighted by atomic mass is 19.1. The van der Waals surface area contributed by atoms with E-state index in [9.17, 15) is 9.18 Å². The van der Waals surface area contributed by atoms with Crippen LogP contribution in [-0.2, 0) is 18.3 Å². The van der Waals surface area contributed by atoms with Gasteiger partial charge in [0, 0.05) is 50.3 Å². The molecule has 38 heavy (non-hydrogen) atoms. The van der Waals surface area contributed by atoms with Crippen molar-refractivity contribution in [2.45, 2.75) is 18.8 Å². The molecule has 6 rings (SSSR count). The molecule has 1 aliphatic rings. The summed E-state index contributed by atoms with van der Waals surface area (Å²) in [4.78, 5) is 23.8. The third kappa shape index (κ3) is 4.09. The van der Waals surface area contributed by atoms with Crippen molar-refractivity contribution in [2.75, 3.05) is 24.4 Å². The summed E-state index contributed by atoms with van der Waals surface area (Å²) in [5, 5.41) is 16.1. The van der Waals surface area contributed by atoms with Crippen molar-refractivity contribution in [1.82, 2.24) is 34.3 Å². The molecule has 1 aliphatic heterocycles. The molecule has 1 atom stereocenters. The lowest BCUT2D eigenvalue weighted by Gasteiger charge is -2.17. The average Bonchev–Trinajstić information content (AvgIpc) is 3.51. The number of pyridine rings is 1. The van der Waals surface area contributed by atoms with Crippen molar-refractivity contribution in [3.05, 3.63) is 72.1 Å². The summed E-state index contributed by atoms with van der Waals surface area (Å²) in [6.07, 6.45) is 3.80. The molecular formula is C26H24FN9O2. The molecule has 0 saturated carbocycles. The number of hydrogen-bond donors (Lipinski definition) is 1. The predicted molar refractivity (Wildman–Crippen MR) is 138 cm³/mol. The molecule has 5 aromatic rings. The molecule has 4 aromatic heterocycles. The minimum absolute atomic E-state index is 0.103. The minimum atomic E-state index is -0.384. The van der Waals surface area contributed by atoms with Gasteiger partial charge < -0.3 is 15.0 Å². The number of amides is 1. The fourth-order valence-corrected chi connectivity index (χ4v) is 4.69. The smallest absolute Gasteiger partial charge is 0.228 e. The number of benzene rings is 1. The van der Waals surface area contributed by atoms with Crippen LogP contribution in [0.3, 0.4) is 0 Å². The van der Waals surface area contributed by atoms with Gasteiger partial charge in [-0.1, -0.05) is 6.07 Å². The predicted octanol–water partition coefficient (Wildman–Crippen LogP) is 3.50. The van der Waals surface area contributed by atoms with Gasteiger partial charge in [-0.15, -0.1) is 10.2 Å². The minimum Gasteiger partial charge on any atom is -0.497 e. The second-order valence-electron chi connectivity index (χ2n) is 9.10. The van der Waals surface area contributed by atoms with Gasteiger partial charge in [-0.05, 0) is 36.2 Å². The largest absolute Gasteiger partial charge is 0.497 e. The van der Waals surface area contributed by atoms with E-state index < -0.39 is 0 Å². The number of carbonyl (C=O) groups excluding carboxylic acids is 1. The zero-order valence-corrected chi connectivity index (χ0v) is 21.0. The van der Waals surface area contributed by atoms with Crippen LogP contribution in [0.15, 0.2) is 54.9 Å². The summed E-state index contributed by atoms with van der Waals surface area (Å²) in [6.45, 7) is 0. The van der Waals surface area contributed by atoms with Crippen molar-refractivity contribution in [1.29, 1.82) is 0 Å². The maximum atomic E-state index is 14.8. The average molecular weight is 514 g/mol. The summed E-state index contributed by atoms with van der Waals surface area (Å²) >= 11 is 0. The highest BCUT2D eigenvalue weighted by Gasteiger charge is 2.31. The van der Waals surface area contributed by atoms with Crippen LogP contribution in [0.2, 0.25) is 0 Å². The molecule has 11 nitrogen and oxygen atoms in total. The van der Waals surface area contributed by atoms with E-state index in [4.69, 9.17) is 4.74 Å². The van der Waals surface area contributed by atoms with Crippen molar-refractivity contribution in [3.8, 4) is 17.0 Å². The number of halogens is 1. The molecule has 12 heteroatoms. The number of rotatable bonds is 6. The monoisotopic (exact) mass is 513 g/mol. The maximum absolute atomic E-state index is 14.8. The van der Waals surface area contributed by atoms with Crippen LogP contribution in [0.25, 0.3) is 16.9 Å². The molecular weight excluding hydrogens is 489 g/mol. The second kappa shape index (κ2) is 9.21. The lowest BCUT2D eigenvalue weighted by molar-refractivity contribution is -0.118. The van der Waals surface area contributed by atoms with Gasteiger partial charge >= 0.3 is 0 Å². The SMILES string of the molecule is COc1ccc(C[C@@H]2CC(=O)N(C)c3cc(-c4ccnc(Nc5ccnn5C)n4)cc4nnc2n34)c(F)c1. The molecule has 0 fully saturated rings. The Morgan fingerprint density at radius 2 is 1.97 bits per heavy atom. The van der Waals surface area contributed by atoms with Crippen LogP contribution in [0.5, 0.6) is 5.75 Å². The molecule has 1 amide bonds. The van der Waals surface area contributed by atoms with Crippen molar-refractivity contribution in [2.24, 2.45) is 7.05 Å². The zero-order valence-electron chi connectivity index (χ0n) is 21.0. The molecule has 0 aliphatic carbocycles. The summed E-state index contributed by atoms with van der Waals surface area (Å²) in [5.41, 5.74) is 2.45. The van der Waals surface area contributed by atoms with Crippen molar-refractivity contribution < 1.29 is 13.9 Å². The van der Waals surface area contributed by atoms with Crippen molar-refractivity contribution in [3.63, 3.8) is 0 Å². The van der Waals surface area contributed by atoms with Crippen LogP contribution in [0.1, 0.15) is 23.7 Å². The van der Waals surface area contributed by atoms with Crippen LogP contribution in [0, 0.1) is 5.82 Å². The van der Waals surface area contributed by atoms with Gasteiger partial charge in [0.25, 0.3) is 0 Å². The fourth-order valence-electron chi connectivity index (χ4n) is 4.69. The number of aryl methyl sites for hydroxylation is 1. The first-order chi connectivity index (χ1) is 18.4. The normalized spacial score (nSPS) is 15.1. The Balaban J connectivity index is 1.39. The van der Waals surface area contributed by atoms with E-state index in [1.165, 1.54) is 13.2 Å². The number of nitrogens with one attached hydrogen (secondary N) is 1. The number of aromatic nitrogens is 7. The van der Waals surface area contributed by atoms with Gasteiger partial charge in [0.15, 0.2) is 5.65 Å². The van der Waals surface area contributed by atoms with Crippen molar-refractivity contribution >= 4 is 29.1 Å². The second-order valence-corrected chi connectivity index (χ2v) is 9.10. The number of carbonyl (C=O) groups is 1. The molecule has 1 aromatic carbocycles. The first-order valence-corrected chi connectivity index (χ1v) is 12.0. The lowest BCUT2D eigenvalue weighted by atomic mass is 9.94. The third-order valence-electron chi connectivity index (χ3n) is 6.75. The van der Waals surface area contributed by atoms with Gasteiger partial charge in [0.1, 0.15) is 29.0 Å². The summed E-state index contributed by atoms with van der Waals surface area (Å²) in [6, 6.07) is 12.1. The quantitative estimate of drug-likeness (QED) is 0.367. The number of nitrogens with zero attached hydrogens (tertiary/aromatic N) is 8. The van der Waals surface area contributed by atoms with Crippen LogP contribution < -0.4 is 15.0 Å². The van der Waals surface area contributed by atoms with Crippen LogP contribution in [-0.4, -0.2) is 54.4 Å². The summed E-state index contributed by atoms with van der Waals surface area (Å²) in [5.74, 6) is 1.97. The molecule has 0 spiro atoms. The van der Waals surface area contributed by atoms with E-state index >= 15 is 0 Å². The molecule has 0 saturated heterocycles. The topological polar surface area (TPSA) is 115 Å². The van der Waals surface area contributed by atoms with Crippen LogP contribution in [0.4, 0.5) is 22.0 Å². The van der Waals surface area contributed by atoms with Crippen LogP contribution >= 0.6 is 0 Å². The van der Waals surface area contributed by atoms with Gasteiger partial charge in [0.2, 0.25) is 11.9 Å². The van der Waals surface area contributed by atoms with Gasteiger partial charge in [-0.3, -0.25) is 13.9 Å². The Kier molecular flexibility index (Phi) is 5.70. The fraction of sp³-hybridized carbons (Fsp3) is 0.231. The molecule has 0 radical (unpaired) electrons. The number of methoxy groups -OCH3 is 1. The first-order valence-electron chi connectivity index (χ1n) is 12.0. The van der Waals surface area contributed by atoms with E-state index in [-0.39, 0.29) is 24.1 Å². The zero-order chi connectivity index (χ0) is 26.4. The number of anilines is 3. The Morgan fingerprint density at radius 1 is 1.11 bits per heavy atom. The van der Waals surface area contributed by atoms with E-state index in [1.807, 2.05) is 29.6 Å². The third-order valence-corrected chi connectivity index (χ3v) is 6.75.